The van der Waals surface area contributed by atoms with Crippen LogP contribution in [0, 0.1) is 13.8 Å². The molecule has 1 amide bonds. The van der Waals surface area contributed by atoms with Crippen molar-refractivity contribution in [3.63, 3.8) is 0 Å². The van der Waals surface area contributed by atoms with Crippen molar-refractivity contribution in [3.05, 3.63) is 99.6 Å². The Hall–Kier alpha value is -3.34. The molecule has 1 heterocycles. The molecule has 35 heavy (non-hydrogen) atoms. The monoisotopic (exact) mass is 513 g/mol. The van der Waals surface area contributed by atoms with Crippen LogP contribution >= 0.6 is 0 Å². The predicted octanol–water partition coefficient (Wildman–Crippen LogP) is 6.28. The van der Waals surface area contributed by atoms with E-state index in [1.807, 2.05) is 0 Å². The van der Waals surface area contributed by atoms with Gasteiger partial charge in [-0.1, -0.05) is 35.4 Å². The van der Waals surface area contributed by atoms with Crippen LogP contribution in [-0.4, -0.2) is 18.6 Å². The highest BCUT2D eigenvalue weighted by molar-refractivity contribution is 7.89. The highest BCUT2D eigenvalue weighted by Gasteiger charge is 2.47. The van der Waals surface area contributed by atoms with Crippen molar-refractivity contribution in [1.29, 1.82) is 0 Å². The molecule has 0 radical (unpaired) electrons. The molecule has 1 aliphatic rings. The summed E-state index contributed by atoms with van der Waals surface area (Å²) in [6.07, 6.45) is -10.3. The number of carbonyl (C=O) groups is 1. The third-order valence-corrected chi connectivity index (χ3v) is 7.43. The fourth-order valence-corrected chi connectivity index (χ4v) is 5.52. The Balaban J connectivity index is 2.01. The lowest BCUT2D eigenvalue weighted by Gasteiger charge is -2.26. The number of aryl methyl sites for hydroxylation is 2. The molecular weight excluding hydrogens is 496 g/mol. The summed E-state index contributed by atoms with van der Waals surface area (Å²) in [6, 6.07) is 8.67. The van der Waals surface area contributed by atoms with Crippen LogP contribution in [0.1, 0.15) is 49.8 Å². The van der Waals surface area contributed by atoms with Gasteiger partial charge in [0.1, 0.15) is 0 Å². The maximum atomic E-state index is 13.5. The number of rotatable bonds is 3. The Morgan fingerprint density at radius 3 is 1.77 bits per heavy atom. The fourth-order valence-electron chi connectivity index (χ4n) is 3.98. The first-order valence-electron chi connectivity index (χ1n) is 10.2. The van der Waals surface area contributed by atoms with E-state index in [1.165, 1.54) is 42.5 Å². The van der Waals surface area contributed by atoms with E-state index >= 15 is 0 Å². The first-order valence-corrected chi connectivity index (χ1v) is 11.6. The number of hydrogen-bond acceptors (Lipinski definition) is 3. The first kappa shape index (κ1) is 24.8. The van der Waals surface area contributed by atoms with Gasteiger partial charge in [-0.05, 0) is 61.4 Å². The summed E-state index contributed by atoms with van der Waals surface area (Å²) in [5, 5.41) is 0. The highest BCUT2D eigenvalue weighted by atomic mass is 32.2. The van der Waals surface area contributed by atoms with Crippen molar-refractivity contribution in [2.24, 2.45) is 0 Å². The number of benzene rings is 3. The number of halogens is 6. The second-order valence-corrected chi connectivity index (χ2v) is 10.1. The number of carbonyl (C=O) groups excluding carboxylic acids is 1. The van der Waals surface area contributed by atoms with Crippen LogP contribution in [0.3, 0.4) is 0 Å². The second kappa shape index (κ2) is 8.11. The normalized spacial score (nSPS) is 16.5. The molecule has 1 aliphatic heterocycles. The number of sulfonamides is 1. The summed E-state index contributed by atoms with van der Waals surface area (Å²) in [6.45, 7) is 3.31. The summed E-state index contributed by atoms with van der Waals surface area (Å²) in [5.74, 6) is -1.04. The predicted molar refractivity (Wildman–Crippen MR) is 114 cm³/mol. The molecule has 3 aromatic rings. The minimum atomic E-state index is -5.14. The van der Waals surface area contributed by atoms with E-state index in [0.717, 1.165) is 0 Å². The molecule has 3 aromatic carbocycles. The zero-order valence-corrected chi connectivity index (χ0v) is 19.0. The van der Waals surface area contributed by atoms with Crippen molar-refractivity contribution < 1.29 is 39.6 Å². The van der Waals surface area contributed by atoms with Gasteiger partial charge in [-0.25, -0.2) is 12.7 Å². The molecule has 0 saturated carbocycles. The first-order chi connectivity index (χ1) is 16.1. The van der Waals surface area contributed by atoms with E-state index in [0.29, 0.717) is 27.6 Å². The minimum absolute atomic E-state index is 0.0104. The lowest BCUT2D eigenvalue weighted by atomic mass is 9.94. The smallest absolute Gasteiger partial charge is 0.268 e. The standard InChI is InChI=1S/C24H17F6NO3S/c1-13-3-6-18(7-4-13)35(33,34)31-21(19-8-5-14(2)9-20(19)22(31)32)15-10-16(23(25,26)27)12-17(11-15)24(28,29)30/h3-12,21H,1-2H3. The topological polar surface area (TPSA) is 54.5 Å². The zero-order valence-electron chi connectivity index (χ0n) is 18.2. The van der Waals surface area contributed by atoms with Crippen LogP contribution in [0.25, 0.3) is 0 Å². The average Bonchev–Trinajstić information content (AvgIpc) is 3.05. The third-order valence-electron chi connectivity index (χ3n) is 5.67. The van der Waals surface area contributed by atoms with Gasteiger partial charge in [0.05, 0.1) is 22.1 Å². The number of nitrogens with zero attached hydrogens (tertiary/aromatic N) is 1. The fraction of sp³-hybridized carbons (Fsp3) is 0.208. The molecule has 0 aliphatic carbocycles. The third kappa shape index (κ3) is 4.40. The van der Waals surface area contributed by atoms with Gasteiger partial charge >= 0.3 is 12.4 Å². The molecule has 0 saturated heterocycles. The summed E-state index contributed by atoms with van der Waals surface area (Å²) in [4.78, 5) is 13.0. The van der Waals surface area contributed by atoms with Gasteiger partial charge in [0.25, 0.3) is 15.9 Å². The van der Waals surface area contributed by atoms with Gasteiger partial charge in [-0.15, -0.1) is 0 Å². The maximum absolute atomic E-state index is 13.5. The Morgan fingerprint density at radius 2 is 1.26 bits per heavy atom. The van der Waals surface area contributed by atoms with Crippen LogP contribution < -0.4 is 0 Å². The van der Waals surface area contributed by atoms with Gasteiger partial charge in [-0.3, -0.25) is 4.79 Å². The largest absolute Gasteiger partial charge is 0.416 e. The van der Waals surface area contributed by atoms with Crippen LogP contribution in [0.4, 0.5) is 26.3 Å². The minimum Gasteiger partial charge on any atom is -0.268 e. The molecule has 1 atom stereocenters. The average molecular weight is 513 g/mol. The zero-order chi connectivity index (χ0) is 25.9. The van der Waals surface area contributed by atoms with Crippen molar-refractivity contribution in [1.82, 2.24) is 4.31 Å². The van der Waals surface area contributed by atoms with Gasteiger partial charge in [0, 0.05) is 5.56 Å². The van der Waals surface area contributed by atoms with Crippen LogP contribution in [0.5, 0.6) is 0 Å². The lowest BCUT2D eigenvalue weighted by molar-refractivity contribution is -0.143. The molecule has 4 rings (SSSR count). The molecule has 0 fully saturated rings. The molecule has 184 valence electrons. The van der Waals surface area contributed by atoms with Crippen LogP contribution in [0.2, 0.25) is 0 Å². The van der Waals surface area contributed by atoms with Crippen molar-refractivity contribution >= 4 is 15.9 Å². The van der Waals surface area contributed by atoms with Crippen molar-refractivity contribution in [2.45, 2.75) is 37.1 Å². The van der Waals surface area contributed by atoms with Gasteiger partial charge in [-0.2, -0.15) is 26.3 Å². The van der Waals surface area contributed by atoms with Crippen molar-refractivity contribution in [3.8, 4) is 0 Å². The Kier molecular flexibility index (Phi) is 5.74. The highest BCUT2D eigenvalue weighted by Crippen LogP contribution is 2.45. The van der Waals surface area contributed by atoms with E-state index in [2.05, 4.69) is 0 Å². The summed E-state index contributed by atoms with van der Waals surface area (Å²) in [5.41, 5.74) is -2.70. The van der Waals surface area contributed by atoms with E-state index in [-0.39, 0.29) is 22.1 Å². The molecular formula is C24H17F6NO3S. The van der Waals surface area contributed by atoms with Gasteiger partial charge < -0.3 is 0 Å². The number of fused-ring (bicyclic) bond motifs is 1. The summed E-state index contributed by atoms with van der Waals surface area (Å²) in [7, 11) is -4.66. The van der Waals surface area contributed by atoms with E-state index in [9.17, 15) is 39.6 Å². The summed E-state index contributed by atoms with van der Waals surface area (Å²) >= 11 is 0. The second-order valence-electron chi connectivity index (χ2n) is 8.25. The Bertz CT molecular complexity index is 1390. The number of alkyl halides is 6. The quantitative estimate of drug-likeness (QED) is 0.388. The molecule has 0 N–H and O–H groups in total. The number of hydrogen-bond donors (Lipinski definition) is 0. The Labute approximate surface area is 196 Å². The summed E-state index contributed by atoms with van der Waals surface area (Å²) < 4.78 is 108. The maximum Gasteiger partial charge on any atom is 0.416 e. The van der Waals surface area contributed by atoms with Crippen LogP contribution in [-0.2, 0) is 22.4 Å². The van der Waals surface area contributed by atoms with Gasteiger partial charge in [0.15, 0.2) is 0 Å². The van der Waals surface area contributed by atoms with Crippen LogP contribution in [0.15, 0.2) is 65.6 Å². The van der Waals surface area contributed by atoms with E-state index in [1.54, 1.807) is 13.8 Å². The molecule has 0 spiro atoms. The van der Waals surface area contributed by atoms with E-state index in [4.69, 9.17) is 0 Å². The molecule has 11 heteroatoms. The van der Waals surface area contributed by atoms with Crippen molar-refractivity contribution in [2.75, 3.05) is 0 Å². The molecule has 0 aromatic heterocycles. The lowest BCUT2D eigenvalue weighted by Crippen LogP contribution is -2.35. The molecule has 0 bridgehead atoms. The molecule has 4 nitrogen and oxygen atoms in total. The Morgan fingerprint density at radius 1 is 0.743 bits per heavy atom. The van der Waals surface area contributed by atoms with E-state index < -0.39 is 51.0 Å². The van der Waals surface area contributed by atoms with Gasteiger partial charge in [0.2, 0.25) is 0 Å². The molecule has 1 unspecified atom stereocenters. The number of amides is 1. The SMILES string of the molecule is Cc1ccc(S(=O)(=O)N2C(=O)c3cc(C)ccc3C2c2cc(C(F)(F)F)cc(C(F)(F)F)c2)cc1.